The predicted molar refractivity (Wildman–Crippen MR) is 91.6 cm³/mol. The Bertz CT molecular complexity index is 961. The van der Waals surface area contributed by atoms with Crippen LogP contribution in [0.15, 0.2) is 45.1 Å². The Morgan fingerprint density at radius 3 is 2.57 bits per heavy atom. The van der Waals surface area contributed by atoms with E-state index in [1.807, 2.05) is 13.8 Å². The van der Waals surface area contributed by atoms with Gasteiger partial charge in [0.15, 0.2) is 5.76 Å². The molecule has 2 heterocycles. The molecule has 3 rings (SSSR count). The molecule has 5 nitrogen and oxygen atoms in total. The van der Waals surface area contributed by atoms with Gasteiger partial charge in [0.2, 0.25) is 0 Å². The largest absolute Gasteiger partial charge is 0.355 e. The number of para-hydroxylation sites is 1. The highest BCUT2D eigenvalue weighted by Gasteiger charge is 2.21. The average Bonchev–Trinajstić information content (AvgIpc) is 3.10. The summed E-state index contributed by atoms with van der Waals surface area (Å²) in [5.41, 5.74) is 2.03. The van der Waals surface area contributed by atoms with Gasteiger partial charge in [0.1, 0.15) is 4.21 Å². The fourth-order valence-corrected chi connectivity index (χ4v) is 4.63. The molecule has 1 aromatic carbocycles. The minimum Gasteiger partial charge on any atom is -0.355 e. The maximum Gasteiger partial charge on any atom is 0.271 e. The summed E-state index contributed by atoms with van der Waals surface area (Å²) in [4.78, 5) is 0.711. The quantitative estimate of drug-likeness (QED) is 0.737. The lowest BCUT2D eigenvalue weighted by Gasteiger charge is -2.07. The number of halogens is 1. The first-order valence-corrected chi connectivity index (χ1v) is 9.36. The van der Waals surface area contributed by atoms with Crippen LogP contribution in [0, 0.1) is 13.8 Å². The number of anilines is 1. The monoisotopic (exact) mass is 368 g/mol. The summed E-state index contributed by atoms with van der Waals surface area (Å²) >= 11 is 7.11. The number of rotatable bonds is 4. The fraction of sp³-hybridized carbons (Fsp3) is 0.133. The number of thiophene rings is 1. The van der Waals surface area contributed by atoms with E-state index in [9.17, 15) is 8.42 Å². The van der Waals surface area contributed by atoms with Crippen molar-refractivity contribution in [2.45, 2.75) is 18.1 Å². The third-order valence-corrected chi connectivity index (χ3v) is 6.62. The smallest absolute Gasteiger partial charge is 0.271 e. The van der Waals surface area contributed by atoms with Crippen LogP contribution in [0.4, 0.5) is 5.69 Å². The van der Waals surface area contributed by atoms with Crippen molar-refractivity contribution < 1.29 is 12.9 Å². The van der Waals surface area contributed by atoms with Gasteiger partial charge in [0.05, 0.1) is 21.3 Å². The van der Waals surface area contributed by atoms with Crippen molar-refractivity contribution in [3.8, 4) is 10.6 Å². The highest BCUT2D eigenvalue weighted by atomic mass is 35.5. The van der Waals surface area contributed by atoms with E-state index < -0.39 is 10.0 Å². The van der Waals surface area contributed by atoms with E-state index in [1.54, 1.807) is 30.3 Å². The third-order valence-electron chi connectivity index (χ3n) is 3.35. The Kier molecular flexibility index (Phi) is 4.18. The Labute approximate surface area is 142 Å². The summed E-state index contributed by atoms with van der Waals surface area (Å²) in [6.07, 6.45) is 0. The Morgan fingerprint density at radius 1 is 1.17 bits per heavy atom. The number of nitrogens with zero attached hydrogens (tertiary/aromatic N) is 1. The first-order chi connectivity index (χ1) is 10.9. The first-order valence-electron chi connectivity index (χ1n) is 6.69. The van der Waals surface area contributed by atoms with Gasteiger partial charge in [-0.15, -0.1) is 11.3 Å². The minimum absolute atomic E-state index is 0.181. The zero-order chi connectivity index (χ0) is 16.6. The molecule has 120 valence electrons. The molecule has 0 saturated carbocycles. The van der Waals surface area contributed by atoms with Gasteiger partial charge in [-0.25, -0.2) is 8.42 Å². The minimum atomic E-state index is -3.71. The topological polar surface area (TPSA) is 72.2 Å². The molecular formula is C15H13ClN2O3S2. The van der Waals surface area contributed by atoms with Crippen molar-refractivity contribution in [1.82, 2.24) is 5.16 Å². The molecule has 2 aromatic heterocycles. The molecule has 0 aliphatic carbocycles. The van der Waals surface area contributed by atoms with E-state index in [2.05, 4.69) is 9.88 Å². The Hall–Kier alpha value is -1.83. The molecule has 0 bridgehead atoms. The SMILES string of the molecule is Cc1noc(-c2ccc(S(=O)(=O)Nc3ccccc3Cl)s2)c1C. The van der Waals surface area contributed by atoms with Gasteiger partial charge in [-0.3, -0.25) is 4.72 Å². The van der Waals surface area contributed by atoms with Gasteiger partial charge in [-0.2, -0.15) is 0 Å². The summed E-state index contributed by atoms with van der Waals surface area (Å²) in [5.74, 6) is 0.590. The van der Waals surface area contributed by atoms with E-state index in [1.165, 1.54) is 6.07 Å². The van der Waals surface area contributed by atoms with Crippen molar-refractivity contribution in [1.29, 1.82) is 0 Å². The molecule has 8 heteroatoms. The van der Waals surface area contributed by atoms with Crippen molar-refractivity contribution in [2.75, 3.05) is 4.72 Å². The molecule has 0 unspecified atom stereocenters. The van der Waals surface area contributed by atoms with Gasteiger partial charge < -0.3 is 4.52 Å². The highest BCUT2D eigenvalue weighted by Crippen LogP contribution is 2.34. The van der Waals surface area contributed by atoms with Crippen LogP contribution in [0.3, 0.4) is 0 Å². The number of benzene rings is 1. The number of nitrogens with one attached hydrogen (secondary N) is 1. The zero-order valence-corrected chi connectivity index (χ0v) is 14.7. The normalized spacial score (nSPS) is 11.6. The molecule has 0 saturated heterocycles. The summed E-state index contributed by atoms with van der Waals surface area (Å²) in [5, 5.41) is 4.23. The van der Waals surface area contributed by atoms with Crippen molar-refractivity contribution in [2.24, 2.45) is 0 Å². The van der Waals surface area contributed by atoms with Gasteiger partial charge in [0, 0.05) is 5.56 Å². The number of hydrogen-bond donors (Lipinski definition) is 1. The second-order valence-electron chi connectivity index (χ2n) is 4.93. The average molecular weight is 369 g/mol. The van der Waals surface area contributed by atoms with Crippen molar-refractivity contribution >= 4 is 38.6 Å². The van der Waals surface area contributed by atoms with Gasteiger partial charge in [-0.05, 0) is 38.1 Å². The molecule has 0 radical (unpaired) electrons. The maximum absolute atomic E-state index is 12.5. The van der Waals surface area contributed by atoms with E-state index >= 15 is 0 Å². The fourth-order valence-electron chi connectivity index (χ4n) is 1.97. The van der Waals surface area contributed by atoms with E-state index in [-0.39, 0.29) is 4.21 Å². The van der Waals surface area contributed by atoms with E-state index in [0.717, 1.165) is 22.6 Å². The van der Waals surface area contributed by atoms with Gasteiger partial charge in [-0.1, -0.05) is 28.9 Å². The molecule has 1 N–H and O–H groups in total. The molecule has 0 fully saturated rings. The lowest BCUT2D eigenvalue weighted by Crippen LogP contribution is -2.11. The van der Waals surface area contributed by atoms with Crippen LogP contribution < -0.4 is 4.72 Å². The zero-order valence-electron chi connectivity index (χ0n) is 12.3. The van der Waals surface area contributed by atoms with Crippen molar-refractivity contribution in [3.05, 3.63) is 52.7 Å². The molecule has 0 aliphatic heterocycles. The molecule has 0 aliphatic rings. The molecule has 23 heavy (non-hydrogen) atoms. The standard InChI is InChI=1S/C15H13ClN2O3S2/c1-9-10(2)17-21-15(9)13-7-8-14(22-13)23(19,20)18-12-6-4-3-5-11(12)16/h3-8,18H,1-2H3. The second kappa shape index (κ2) is 5.99. The van der Waals surface area contributed by atoms with Gasteiger partial charge in [0.25, 0.3) is 10.0 Å². The van der Waals surface area contributed by atoms with Crippen LogP contribution in [0.1, 0.15) is 11.3 Å². The lowest BCUT2D eigenvalue weighted by molar-refractivity contribution is 0.427. The van der Waals surface area contributed by atoms with Crippen LogP contribution in [0.25, 0.3) is 10.6 Å². The summed E-state index contributed by atoms with van der Waals surface area (Å²) in [6, 6.07) is 9.93. The van der Waals surface area contributed by atoms with Crippen LogP contribution in [0.5, 0.6) is 0 Å². The summed E-state index contributed by atoms with van der Waals surface area (Å²) in [7, 11) is -3.71. The summed E-state index contributed by atoms with van der Waals surface area (Å²) in [6.45, 7) is 3.73. The molecule has 0 atom stereocenters. The predicted octanol–water partition coefficient (Wildman–Crippen LogP) is 4.47. The Morgan fingerprint density at radius 2 is 1.91 bits per heavy atom. The third kappa shape index (κ3) is 3.12. The Balaban J connectivity index is 1.93. The van der Waals surface area contributed by atoms with Gasteiger partial charge >= 0.3 is 0 Å². The van der Waals surface area contributed by atoms with Crippen LogP contribution >= 0.6 is 22.9 Å². The van der Waals surface area contributed by atoms with Crippen molar-refractivity contribution in [3.63, 3.8) is 0 Å². The maximum atomic E-state index is 12.5. The van der Waals surface area contributed by atoms with Crippen LogP contribution in [0.2, 0.25) is 5.02 Å². The first kappa shape index (κ1) is 16.0. The number of hydrogen-bond acceptors (Lipinski definition) is 5. The molecule has 0 amide bonds. The van der Waals surface area contributed by atoms with E-state index in [4.69, 9.17) is 16.1 Å². The molecular weight excluding hydrogens is 356 g/mol. The summed E-state index contributed by atoms with van der Waals surface area (Å²) < 4.78 is 32.9. The number of aryl methyl sites for hydroxylation is 1. The molecule has 0 spiro atoms. The number of aromatic nitrogens is 1. The second-order valence-corrected chi connectivity index (χ2v) is 8.33. The molecule has 3 aromatic rings. The highest BCUT2D eigenvalue weighted by molar-refractivity contribution is 7.94. The van der Waals surface area contributed by atoms with Crippen LogP contribution in [-0.2, 0) is 10.0 Å². The van der Waals surface area contributed by atoms with E-state index in [0.29, 0.717) is 21.3 Å². The number of sulfonamides is 1. The van der Waals surface area contributed by atoms with Crippen LogP contribution in [-0.4, -0.2) is 13.6 Å². The lowest BCUT2D eigenvalue weighted by atomic mass is 10.2.